The summed E-state index contributed by atoms with van der Waals surface area (Å²) in [5.74, 6) is 0.715. The highest BCUT2D eigenvalue weighted by Crippen LogP contribution is 2.41. The van der Waals surface area contributed by atoms with Crippen molar-refractivity contribution in [1.29, 1.82) is 0 Å². The van der Waals surface area contributed by atoms with Crippen LogP contribution in [0, 0.1) is 11.7 Å². The van der Waals surface area contributed by atoms with Gasteiger partial charge >= 0.3 is 0 Å². The fraction of sp³-hybridized carbons (Fsp3) is 0.647. The highest BCUT2D eigenvalue weighted by molar-refractivity contribution is 5.27. The minimum absolute atomic E-state index is 0.127. The van der Waals surface area contributed by atoms with Crippen LogP contribution in [0.15, 0.2) is 24.3 Å². The summed E-state index contributed by atoms with van der Waals surface area (Å²) in [6.07, 6.45) is 7.72. The summed E-state index contributed by atoms with van der Waals surface area (Å²) in [5, 5.41) is 3.70. The Bertz CT molecular complexity index is 413. The molecule has 0 heterocycles. The van der Waals surface area contributed by atoms with Crippen molar-refractivity contribution in [3.8, 4) is 0 Å². The summed E-state index contributed by atoms with van der Waals surface area (Å²) in [6, 6.07) is 7.98. The molecule has 1 N–H and O–H groups in total. The Hall–Kier alpha value is -0.890. The zero-order chi connectivity index (χ0) is 13.3. The van der Waals surface area contributed by atoms with Crippen LogP contribution in [0.25, 0.3) is 0 Å². The van der Waals surface area contributed by atoms with Crippen molar-refractivity contribution in [3.63, 3.8) is 0 Å². The van der Waals surface area contributed by atoms with E-state index in [-0.39, 0.29) is 11.2 Å². The van der Waals surface area contributed by atoms with Crippen LogP contribution < -0.4 is 5.32 Å². The van der Waals surface area contributed by atoms with Gasteiger partial charge in [-0.2, -0.15) is 0 Å². The molecule has 0 spiro atoms. The van der Waals surface area contributed by atoms with Crippen molar-refractivity contribution >= 4 is 0 Å². The number of hydrogen-bond donors (Lipinski definition) is 1. The van der Waals surface area contributed by atoms with Crippen LogP contribution in [0.1, 0.15) is 51.0 Å². The fourth-order valence-corrected chi connectivity index (χ4v) is 3.31. The van der Waals surface area contributed by atoms with E-state index in [4.69, 9.17) is 0 Å². The van der Waals surface area contributed by atoms with Gasteiger partial charge in [0.25, 0.3) is 0 Å². The number of hydrogen-bond acceptors (Lipinski definition) is 1. The molecule has 1 aromatic carbocycles. The Morgan fingerprint density at radius 3 is 2.32 bits per heavy atom. The third-order valence-electron chi connectivity index (χ3n) is 4.99. The summed E-state index contributed by atoms with van der Waals surface area (Å²) >= 11 is 0. The quantitative estimate of drug-likeness (QED) is 0.863. The Morgan fingerprint density at radius 1 is 1.11 bits per heavy atom. The first kappa shape index (κ1) is 13.1. The second-order valence-corrected chi connectivity index (χ2v) is 6.62. The van der Waals surface area contributed by atoms with Crippen molar-refractivity contribution < 1.29 is 4.39 Å². The summed E-state index contributed by atoms with van der Waals surface area (Å²) in [6.45, 7) is 3.42. The van der Waals surface area contributed by atoms with Gasteiger partial charge in [-0.25, -0.2) is 4.39 Å². The van der Waals surface area contributed by atoms with Crippen LogP contribution in [0.3, 0.4) is 0 Å². The van der Waals surface area contributed by atoms with Crippen molar-refractivity contribution in [1.82, 2.24) is 5.32 Å². The summed E-state index contributed by atoms with van der Waals surface area (Å²) in [7, 11) is 0. The summed E-state index contributed by atoms with van der Waals surface area (Å²) in [5.41, 5.74) is 1.57. The topological polar surface area (TPSA) is 12.0 Å². The Labute approximate surface area is 115 Å². The minimum Gasteiger partial charge on any atom is -0.313 e. The average Bonchev–Trinajstić information content (AvgIpc) is 3.24. The first-order chi connectivity index (χ1) is 9.18. The lowest BCUT2D eigenvalue weighted by Gasteiger charge is -2.40. The Balaban J connectivity index is 1.79. The van der Waals surface area contributed by atoms with Gasteiger partial charge in [-0.1, -0.05) is 19.1 Å². The molecule has 0 atom stereocenters. The van der Waals surface area contributed by atoms with Crippen molar-refractivity contribution in [2.24, 2.45) is 5.92 Å². The lowest BCUT2D eigenvalue weighted by molar-refractivity contribution is 0.233. The number of rotatable bonds is 4. The van der Waals surface area contributed by atoms with Gasteiger partial charge in [0.2, 0.25) is 0 Å². The molecule has 1 nitrogen and oxygen atoms in total. The van der Waals surface area contributed by atoms with Gasteiger partial charge < -0.3 is 5.32 Å². The molecule has 104 valence electrons. The van der Waals surface area contributed by atoms with Gasteiger partial charge in [0, 0.05) is 18.0 Å². The molecule has 0 aliphatic heterocycles. The van der Waals surface area contributed by atoms with E-state index < -0.39 is 0 Å². The molecule has 0 bridgehead atoms. The van der Waals surface area contributed by atoms with E-state index in [1.54, 1.807) is 12.1 Å². The molecule has 2 saturated carbocycles. The average molecular weight is 261 g/mol. The monoisotopic (exact) mass is 261 g/mol. The first-order valence-electron chi connectivity index (χ1n) is 7.67. The van der Waals surface area contributed by atoms with Gasteiger partial charge in [-0.05, 0) is 62.1 Å². The van der Waals surface area contributed by atoms with Crippen molar-refractivity contribution in [2.45, 2.75) is 56.9 Å². The zero-order valence-corrected chi connectivity index (χ0v) is 11.8. The van der Waals surface area contributed by atoms with Crippen LogP contribution in [0.4, 0.5) is 4.39 Å². The first-order valence-corrected chi connectivity index (χ1v) is 7.67. The highest BCUT2D eigenvalue weighted by Gasteiger charge is 2.37. The Morgan fingerprint density at radius 2 is 1.74 bits per heavy atom. The lowest BCUT2D eigenvalue weighted by atomic mass is 9.67. The number of halogens is 1. The van der Waals surface area contributed by atoms with Crippen molar-refractivity contribution in [3.05, 3.63) is 35.6 Å². The minimum atomic E-state index is -0.127. The van der Waals surface area contributed by atoms with Crippen LogP contribution in [-0.2, 0) is 5.41 Å². The largest absolute Gasteiger partial charge is 0.313 e. The summed E-state index contributed by atoms with van der Waals surface area (Å²) in [4.78, 5) is 0. The second-order valence-electron chi connectivity index (χ2n) is 6.62. The lowest BCUT2D eigenvalue weighted by Crippen LogP contribution is -2.41. The van der Waals surface area contributed by atoms with Gasteiger partial charge in [-0.15, -0.1) is 0 Å². The van der Waals surface area contributed by atoms with Crippen LogP contribution in [-0.4, -0.2) is 12.6 Å². The molecule has 0 amide bonds. The molecule has 2 aliphatic rings. The van der Waals surface area contributed by atoms with E-state index in [0.717, 1.165) is 18.5 Å². The third kappa shape index (κ3) is 3.00. The van der Waals surface area contributed by atoms with Gasteiger partial charge in [0.1, 0.15) is 5.82 Å². The van der Waals surface area contributed by atoms with E-state index in [2.05, 4.69) is 12.2 Å². The van der Waals surface area contributed by atoms with Crippen molar-refractivity contribution in [2.75, 3.05) is 6.54 Å². The normalized spacial score (nSPS) is 31.4. The second kappa shape index (κ2) is 5.24. The molecule has 19 heavy (non-hydrogen) atoms. The van der Waals surface area contributed by atoms with E-state index in [1.807, 2.05) is 12.1 Å². The molecule has 0 unspecified atom stereocenters. The molecule has 1 aromatic rings. The van der Waals surface area contributed by atoms with Crippen LogP contribution in [0.5, 0.6) is 0 Å². The molecule has 3 rings (SSSR count). The molecule has 0 saturated heterocycles. The maximum absolute atomic E-state index is 13.1. The molecule has 0 radical (unpaired) electrons. The van der Waals surface area contributed by atoms with Gasteiger partial charge in [0.15, 0.2) is 0 Å². The number of benzene rings is 1. The van der Waals surface area contributed by atoms with Gasteiger partial charge in [-0.3, -0.25) is 0 Å². The predicted octanol–water partition coefficient (Wildman–Crippen LogP) is 4.03. The maximum Gasteiger partial charge on any atom is 0.123 e. The molecule has 2 aliphatic carbocycles. The molecule has 2 heteroatoms. The van der Waals surface area contributed by atoms with E-state index in [9.17, 15) is 4.39 Å². The van der Waals surface area contributed by atoms with Crippen LogP contribution >= 0.6 is 0 Å². The SMILES string of the molecule is CC1CCC(CNC2CC2)(c2ccc(F)cc2)CC1. The highest BCUT2D eigenvalue weighted by atomic mass is 19.1. The Kier molecular flexibility index (Phi) is 3.62. The summed E-state index contributed by atoms with van der Waals surface area (Å²) < 4.78 is 13.1. The van der Waals surface area contributed by atoms with Crippen LogP contribution in [0.2, 0.25) is 0 Å². The maximum atomic E-state index is 13.1. The molecular formula is C17H24FN. The fourth-order valence-electron chi connectivity index (χ4n) is 3.31. The number of nitrogens with one attached hydrogen (secondary N) is 1. The van der Waals surface area contributed by atoms with E-state index in [0.29, 0.717) is 0 Å². The van der Waals surface area contributed by atoms with E-state index >= 15 is 0 Å². The predicted molar refractivity (Wildman–Crippen MR) is 76.7 cm³/mol. The van der Waals surface area contributed by atoms with Gasteiger partial charge in [0.05, 0.1) is 0 Å². The zero-order valence-electron chi connectivity index (χ0n) is 11.8. The standard InChI is InChI=1S/C17H24FN/c1-13-8-10-17(11-9-13,12-19-16-6-7-16)14-2-4-15(18)5-3-14/h2-5,13,16,19H,6-12H2,1H3. The van der Waals surface area contributed by atoms with E-state index in [1.165, 1.54) is 44.1 Å². The molecule has 0 aromatic heterocycles. The third-order valence-corrected chi connectivity index (χ3v) is 4.99. The molecular weight excluding hydrogens is 237 g/mol. The smallest absolute Gasteiger partial charge is 0.123 e. The molecule has 2 fully saturated rings.